The van der Waals surface area contributed by atoms with Crippen molar-refractivity contribution in [1.29, 1.82) is 5.26 Å². The molecule has 0 aliphatic rings. The Morgan fingerprint density at radius 1 is 1.15 bits per heavy atom. The van der Waals surface area contributed by atoms with E-state index in [1.807, 2.05) is 6.07 Å². The van der Waals surface area contributed by atoms with E-state index in [0.29, 0.717) is 10.6 Å². The summed E-state index contributed by atoms with van der Waals surface area (Å²) in [5.41, 5.74) is 0.638. The van der Waals surface area contributed by atoms with Gasteiger partial charge in [0.05, 0.1) is 11.6 Å². The minimum atomic E-state index is -0.472. The van der Waals surface area contributed by atoms with Crippen molar-refractivity contribution in [2.24, 2.45) is 0 Å². The summed E-state index contributed by atoms with van der Waals surface area (Å²) in [4.78, 5) is 0. The molecule has 0 amide bonds. The van der Waals surface area contributed by atoms with Crippen molar-refractivity contribution in [2.75, 3.05) is 0 Å². The molecule has 76 valence electrons. The van der Waals surface area contributed by atoms with Crippen LogP contribution in [0.25, 0.3) is 0 Å². The fourth-order valence-electron chi connectivity index (χ4n) is 0.524. The molecule has 0 heterocycles. The topological polar surface area (TPSA) is 58.8 Å². The molecule has 0 bridgehead atoms. The third kappa shape index (κ3) is 8.56. The molecule has 0 saturated carbocycles. The number of nitrogens with zero attached hydrogens (tertiary/aromatic N) is 1. The predicted molar refractivity (Wildman–Crippen MR) is 52.9 cm³/mol. The third-order valence-corrected chi connectivity index (χ3v) is 1.23. The molecule has 13 heavy (non-hydrogen) atoms. The predicted octanol–water partition coefficient (Wildman–Crippen LogP) is 3.75. The van der Waals surface area contributed by atoms with Gasteiger partial charge in [0.15, 0.2) is 0 Å². The molecule has 0 unspecified atom stereocenters. The number of hydrogen-bond donors (Lipinski definition) is 1. The molecule has 0 aromatic heterocycles. The molecule has 1 aromatic carbocycles. The van der Waals surface area contributed by atoms with Crippen LogP contribution in [0.3, 0.4) is 0 Å². The fraction of sp³-hybridized carbons (Fsp3) is 0. The Morgan fingerprint density at radius 2 is 1.54 bits per heavy atom. The Balaban J connectivity index is 0. The molecule has 2 nitrogen and oxygen atoms in total. The van der Waals surface area contributed by atoms with Gasteiger partial charge in [0.2, 0.25) is 0 Å². The van der Waals surface area contributed by atoms with Crippen LogP contribution in [0.4, 0.5) is 0 Å². The van der Waals surface area contributed by atoms with E-state index in [0.717, 1.165) is 0 Å². The second-order valence-electron chi connectivity index (χ2n) is 1.66. The van der Waals surface area contributed by atoms with Gasteiger partial charge in [-0.3, -0.25) is 0 Å². The van der Waals surface area contributed by atoms with Crippen molar-refractivity contribution in [3.8, 4) is 6.07 Å². The molecule has 0 atom stereocenters. The Kier molecular flexibility index (Phi) is 12.4. The fourth-order valence-corrected chi connectivity index (χ4v) is 0.650. The van der Waals surface area contributed by atoms with Gasteiger partial charge in [-0.1, -0.05) is 11.6 Å². The van der Waals surface area contributed by atoms with Crippen molar-refractivity contribution in [2.45, 2.75) is 0 Å². The van der Waals surface area contributed by atoms with Crippen LogP contribution >= 0.6 is 30.4 Å². The van der Waals surface area contributed by atoms with Crippen LogP contribution < -0.4 is 6.15 Å². The standard InChI is InChI=1S/C7H4ClN.2ClH.H3N.Pt/c8-7-3-1-6(5-9)2-4-7;;;;/h1-4H;2*1H;1H3;/q;;;;+2/p-2. The van der Waals surface area contributed by atoms with Crippen molar-refractivity contribution in [1.82, 2.24) is 6.15 Å². The molecule has 1 rings (SSSR count). The first-order valence-corrected chi connectivity index (χ1v) is 8.73. The number of hydrogen-bond acceptors (Lipinski definition) is 2. The maximum atomic E-state index is 8.34. The quantitative estimate of drug-likeness (QED) is 0.695. The van der Waals surface area contributed by atoms with Gasteiger partial charge in [-0.2, -0.15) is 5.26 Å². The first kappa shape index (κ1) is 15.7. The van der Waals surface area contributed by atoms with E-state index in [-0.39, 0.29) is 6.15 Å². The molecule has 0 radical (unpaired) electrons. The van der Waals surface area contributed by atoms with Crippen molar-refractivity contribution >= 4 is 30.4 Å². The summed E-state index contributed by atoms with van der Waals surface area (Å²) in [6.07, 6.45) is 0. The normalized spacial score (nSPS) is 7.54. The molecule has 1 aromatic rings. The molecule has 3 N–H and O–H groups in total. The van der Waals surface area contributed by atoms with Crippen LogP contribution in [0.1, 0.15) is 5.56 Å². The molecule has 0 saturated heterocycles. The Morgan fingerprint density at radius 3 is 1.85 bits per heavy atom. The average Bonchev–Trinajstić information content (AvgIpc) is 2.07. The van der Waals surface area contributed by atoms with Crippen LogP contribution in [0, 0.1) is 11.3 Å². The zero-order valence-corrected chi connectivity index (χ0v) is 11.0. The molecular formula is C7H7Cl3N2Pt. The van der Waals surface area contributed by atoms with Crippen LogP contribution in [0.15, 0.2) is 24.3 Å². The first-order valence-electron chi connectivity index (χ1n) is 2.72. The van der Waals surface area contributed by atoms with E-state index >= 15 is 0 Å². The third-order valence-electron chi connectivity index (χ3n) is 0.973. The van der Waals surface area contributed by atoms with Crippen molar-refractivity contribution < 1.29 is 16.5 Å². The molecule has 6 heteroatoms. The molecule has 0 aliphatic heterocycles. The second kappa shape index (κ2) is 10.3. The average molecular weight is 421 g/mol. The Bertz CT molecular complexity index is 257. The van der Waals surface area contributed by atoms with Gasteiger partial charge in [-0.05, 0) is 24.3 Å². The minimum absolute atomic E-state index is 0. The van der Waals surface area contributed by atoms with E-state index in [1.165, 1.54) is 0 Å². The molecular weight excluding hydrogens is 414 g/mol. The molecule has 0 aliphatic carbocycles. The number of nitriles is 1. The Labute approximate surface area is 98.8 Å². The summed E-state index contributed by atoms with van der Waals surface area (Å²) in [6, 6.07) is 8.75. The van der Waals surface area contributed by atoms with E-state index in [2.05, 4.69) is 0 Å². The number of halogens is 3. The summed E-state index contributed by atoms with van der Waals surface area (Å²) in [5, 5.41) is 9.00. The van der Waals surface area contributed by atoms with Crippen LogP contribution in [-0.2, 0) is 16.5 Å². The molecule has 0 fully saturated rings. The van der Waals surface area contributed by atoms with E-state index in [9.17, 15) is 0 Å². The van der Waals surface area contributed by atoms with Gasteiger partial charge in [0.1, 0.15) is 0 Å². The van der Waals surface area contributed by atoms with Crippen molar-refractivity contribution in [3.63, 3.8) is 0 Å². The maximum absolute atomic E-state index is 8.34. The zero-order chi connectivity index (χ0) is 9.40. The Hall–Kier alpha value is 0.228. The van der Waals surface area contributed by atoms with Gasteiger partial charge in [-0.15, -0.1) is 0 Å². The summed E-state index contributed by atoms with van der Waals surface area (Å²) in [5.74, 6) is 0. The summed E-state index contributed by atoms with van der Waals surface area (Å²) < 4.78 is 0. The van der Waals surface area contributed by atoms with Gasteiger partial charge < -0.3 is 6.15 Å². The van der Waals surface area contributed by atoms with Crippen molar-refractivity contribution in [3.05, 3.63) is 34.9 Å². The number of benzene rings is 1. The van der Waals surface area contributed by atoms with E-state index < -0.39 is 16.5 Å². The monoisotopic (exact) mass is 419 g/mol. The van der Waals surface area contributed by atoms with Gasteiger partial charge in [0.25, 0.3) is 0 Å². The molecule has 0 spiro atoms. The summed E-state index contributed by atoms with van der Waals surface area (Å²) in [7, 11) is 9.75. The number of rotatable bonds is 0. The van der Waals surface area contributed by atoms with Crippen LogP contribution in [-0.4, -0.2) is 0 Å². The first-order chi connectivity index (χ1) is 5.74. The summed E-state index contributed by atoms with van der Waals surface area (Å²) >= 11 is 5.09. The second-order valence-corrected chi connectivity index (χ2v) is 5.38. The van der Waals surface area contributed by atoms with Crippen LogP contribution in [0.5, 0.6) is 0 Å². The van der Waals surface area contributed by atoms with Gasteiger partial charge in [-0.25, -0.2) is 0 Å². The van der Waals surface area contributed by atoms with Crippen LogP contribution in [0.2, 0.25) is 5.02 Å². The summed E-state index contributed by atoms with van der Waals surface area (Å²) in [6.45, 7) is 0. The van der Waals surface area contributed by atoms with Gasteiger partial charge >= 0.3 is 35.3 Å². The van der Waals surface area contributed by atoms with E-state index in [4.69, 9.17) is 35.7 Å². The van der Waals surface area contributed by atoms with E-state index in [1.54, 1.807) is 24.3 Å². The zero-order valence-electron chi connectivity index (χ0n) is 6.41. The SMILES string of the molecule is N.N#Cc1ccc(Cl)cc1.[Cl][Pt][Cl]. The van der Waals surface area contributed by atoms with Gasteiger partial charge in [0, 0.05) is 5.02 Å².